The fraction of sp³-hybridized carbons (Fsp3) is 0.583. The predicted molar refractivity (Wildman–Crippen MR) is 118 cm³/mol. The molecule has 5 rings (SSSR count). The molecule has 0 bridgehead atoms. The van der Waals surface area contributed by atoms with E-state index in [0.717, 1.165) is 49.0 Å². The van der Waals surface area contributed by atoms with Gasteiger partial charge >= 0.3 is 5.97 Å². The lowest BCUT2D eigenvalue weighted by molar-refractivity contribution is 0.0524. The molecule has 2 aliphatic carbocycles. The smallest absolute Gasteiger partial charge is 0.343 e. The molecule has 3 heterocycles. The van der Waals surface area contributed by atoms with Crippen molar-refractivity contribution >= 4 is 17.2 Å². The minimum atomic E-state index is -0.642. The maximum Gasteiger partial charge on any atom is 0.343 e. The number of carbonyl (C=O) groups is 1. The van der Waals surface area contributed by atoms with Crippen molar-refractivity contribution in [3.8, 4) is 0 Å². The Morgan fingerprint density at radius 1 is 1.23 bits per heavy atom. The highest BCUT2D eigenvalue weighted by Crippen LogP contribution is 2.44. The molecule has 6 nitrogen and oxygen atoms in total. The minimum absolute atomic E-state index is 0.0138. The number of carbonyl (C=O) groups excluding carboxylic acids is 1. The van der Waals surface area contributed by atoms with Gasteiger partial charge in [-0.25, -0.2) is 9.18 Å². The van der Waals surface area contributed by atoms with Gasteiger partial charge in [-0.1, -0.05) is 0 Å². The number of hydrogen-bond donors (Lipinski definition) is 0. The topological polar surface area (TPSA) is 54.3 Å². The van der Waals surface area contributed by atoms with Crippen LogP contribution in [0.3, 0.4) is 0 Å². The van der Waals surface area contributed by atoms with Gasteiger partial charge in [0.2, 0.25) is 0 Å². The van der Waals surface area contributed by atoms with Crippen molar-refractivity contribution in [2.45, 2.75) is 64.0 Å². The number of nitrogens with zero attached hydrogens (tertiary/aromatic N) is 3. The van der Waals surface area contributed by atoms with Crippen molar-refractivity contribution in [2.75, 3.05) is 31.6 Å². The highest BCUT2D eigenvalue weighted by Gasteiger charge is 2.36. The van der Waals surface area contributed by atoms with Gasteiger partial charge in [0.25, 0.3) is 5.56 Å². The molecule has 1 aliphatic heterocycles. The Balaban J connectivity index is 1.60. The summed E-state index contributed by atoms with van der Waals surface area (Å²) in [5.41, 5.74) is 2.54. The Labute approximate surface area is 181 Å². The van der Waals surface area contributed by atoms with Gasteiger partial charge in [-0.2, -0.15) is 0 Å². The van der Waals surface area contributed by atoms with Crippen LogP contribution >= 0.6 is 0 Å². The van der Waals surface area contributed by atoms with Gasteiger partial charge in [0.05, 0.1) is 24.0 Å². The largest absolute Gasteiger partial charge is 0.462 e. The number of hydrogen-bond acceptors (Lipinski definition) is 5. The first kappa shape index (κ1) is 20.5. The maximum atomic E-state index is 15.4. The van der Waals surface area contributed by atoms with Crippen LogP contribution in [0.2, 0.25) is 0 Å². The van der Waals surface area contributed by atoms with Gasteiger partial charge in [-0.3, -0.25) is 14.1 Å². The molecule has 0 N–H and O–H groups in total. The molecule has 1 unspecified atom stereocenters. The number of esters is 1. The van der Waals surface area contributed by atoms with Crippen molar-refractivity contribution in [2.24, 2.45) is 0 Å². The average Bonchev–Trinajstić information content (AvgIpc) is 3.66. The second-order valence-electron chi connectivity index (χ2n) is 9.27. The number of aromatic nitrogens is 1. The van der Waals surface area contributed by atoms with E-state index in [2.05, 4.69) is 16.8 Å². The number of rotatable bonds is 6. The molecule has 166 valence electrons. The first-order valence-electron chi connectivity index (χ1n) is 11.4. The van der Waals surface area contributed by atoms with E-state index in [1.165, 1.54) is 23.4 Å². The fourth-order valence-electron chi connectivity index (χ4n) is 5.15. The molecule has 0 radical (unpaired) electrons. The van der Waals surface area contributed by atoms with Gasteiger partial charge < -0.3 is 9.64 Å². The Hall–Kier alpha value is -2.41. The molecular weight excluding hydrogens is 397 g/mol. The number of ether oxygens (including phenoxy) is 1. The first-order valence-corrected chi connectivity index (χ1v) is 11.4. The standard InChI is InChI=1S/C24H30FN3O3/c1-4-31-24(30)19-11-18(15-5-6-15)21-14(2)22(20(25)13-28(21)23(19)29)27-10-9-17(12-27)26(3)16-7-8-16/h11,13,15-17H,4-10,12H2,1-3H3. The molecule has 2 aromatic rings. The molecule has 2 aromatic heterocycles. The van der Waals surface area contributed by atoms with Crippen LogP contribution in [0.1, 0.15) is 66.4 Å². The molecular formula is C24H30FN3O3. The van der Waals surface area contributed by atoms with Crippen molar-refractivity contribution < 1.29 is 13.9 Å². The monoisotopic (exact) mass is 427 g/mol. The van der Waals surface area contributed by atoms with E-state index in [1.807, 2.05) is 6.92 Å². The molecule has 1 saturated heterocycles. The van der Waals surface area contributed by atoms with Gasteiger partial charge in [0, 0.05) is 25.2 Å². The van der Waals surface area contributed by atoms with Crippen LogP contribution in [-0.4, -0.2) is 54.1 Å². The third-order valence-corrected chi connectivity index (χ3v) is 7.13. The van der Waals surface area contributed by atoms with Crippen LogP contribution in [-0.2, 0) is 4.74 Å². The van der Waals surface area contributed by atoms with Gasteiger partial charge in [-0.05, 0) is 76.1 Å². The van der Waals surface area contributed by atoms with Crippen LogP contribution in [0.15, 0.2) is 17.1 Å². The Morgan fingerprint density at radius 3 is 2.61 bits per heavy atom. The maximum absolute atomic E-state index is 15.4. The lowest BCUT2D eigenvalue weighted by atomic mass is 10.0. The van der Waals surface area contributed by atoms with Gasteiger partial charge in [-0.15, -0.1) is 0 Å². The second-order valence-corrected chi connectivity index (χ2v) is 9.27. The zero-order valence-electron chi connectivity index (χ0n) is 18.5. The van der Waals surface area contributed by atoms with E-state index < -0.39 is 17.3 Å². The third kappa shape index (κ3) is 3.53. The number of fused-ring (bicyclic) bond motifs is 1. The van der Waals surface area contributed by atoms with Crippen LogP contribution in [0, 0.1) is 12.7 Å². The summed E-state index contributed by atoms with van der Waals surface area (Å²) in [4.78, 5) is 30.0. The SMILES string of the molecule is CCOC(=O)c1cc(C2CC2)c2c(C)c(N3CCC(N(C)C4CC4)C3)c(F)cn2c1=O. The average molecular weight is 428 g/mol. The summed E-state index contributed by atoms with van der Waals surface area (Å²) in [6.07, 6.45) is 6.83. The molecule has 0 amide bonds. The van der Waals surface area contributed by atoms with Crippen LogP contribution in [0.4, 0.5) is 10.1 Å². The number of likely N-dealkylation sites (N-methyl/N-ethyl adjacent to an activating group) is 1. The normalized spacial score (nSPS) is 21.3. The van der Waals surface area contributed by atoms with Crippen LogP contribution < -0.4 is 10.5 Å². The van der Waals surface area contributed by atoms with Crippen molar-refractivity contribution in [1.82, 2.24) is 9.30 Å². The third-order valence-electron chi connectivity index (χ3n) is 7.13. The minimum Gasteiger partial charge on any atom is -0.462 e. The van der Waals surface area contributed by atoms with Crippen LogP contribution in [0.5, 0.6) is 0 Å². The summed E-state index contributed by atoms with van der Waals surface area (Å²) in [7, 11) is 2.18. The van der Waals surface area contributed by atoms with E-state index in [0.29, 0.717) is 23.7 Å². The van der Waals surface area contributed by atoms with E-state index >= 15 is 4.39 Å². The quantitative estimate of drug-likeness (QED) is 0.661. The molecule has 3 fully saturated rings. The van der Waals surface area contributed by atoms with Crippen LogP contribution in [0.25, 0.3) is 5.52 Å². The van der Waals surface area contributed by atoms with Gasteiger partial charge in [0.15, 0.2) is 5.82 Å². The van der Waals surface area contributed by atoms with E-state index in [4.69, 9.17) is 4.74 Å². The number of pyridine rings is 2. The second kappa shape index (κ2) is 7.62. The van der Waals surface area contributed by atoms with E-state index in [1.54, 1.807) is 13.0 Å². The first-order chi connectivity index (χ1) is 14.9. The summed E-state index contributed by atoms with van der Waals surface area (Å²) in [6, 6.07) is 2.79. The van der Waals surface area contributed by atoms with Gasteiger partial charge in [0.1, 0.15) is 5.56 Å². The summed E-state index contributed by atoms with van der Waals surface area (Å²) < 4.78 is 21.8. The number of aryl methyl sites for hydroxylation is 1. The molecule has 2 saturated carbocycles. The zero-order chi connectivity index (χ0) is 21.9. The lowest BCUT2D eigenvalue weighted by Gasteiger charge is -2.27. The Kier molecular flexibility index (Phi) is 5.04. The Morgan fingerprint density at radius 2 is 1.97 bits per heavy atom. The highest BCUT2D eigenvalue weighted by molar-refractivity contribution is 5.90. The van der Waals surface area contributed by atoms with Crippen molar-refractivity contribution in [3.63, 3.8) is 0 Å². The number of halogens is 1. The number of anilines is 1. The molecule has 7 heteroatoms. The Bertz CT molecular complexity index is 1100. The summed E-state index contributed by atoms with van der Waals surface area (Å²) in [5, 5.41) is 0. The van der Waals surface area contributed by atoms with E-state index in [9.17, 15) is 9.59 Å². The lowest BCUT2D eigenvalue weighted by Crippen LogP contribution is -2.36. The summed E-state index contributed by atoms with van der Waals surface area (Å²) in [6.45, 7) is 5.40. The molecule has 0 aromatic carbocycles. The molecule has 1 atom stereocenters. The predicted octanol–water partition coefficient (Wildman–Crippen LogP) is 3.47. The summed E-state index contributed by atoms with van der Waals surface area (Å²) in [5.74, 6) is -0.755. The molecule has 0 spiro atoms. The highest BCUT2D eigenvalue weighted by atomic mass is 19.1. The molecule has 31 heavy (non-hydrogen) atoms. The van der Waals surface area contributed by atoms with E-state index in [-0.39, 0.29) is 12.2 Å². The van der Waals surface area contributed by atoms with Crippen molar-refractivity contribution in [1.29, 1.82) is 0 Å². The van der Waals surface area contributed by atoms with Crippen molar-refractivity contribution in [3.05, 3.63) is 45.1 Å². The zero-order valence-corrected chi connectivity index (χ0v) is 18.5. The fourth-order valence-corrected chi connectivity index (χ4v) is 5.15. The summed E-state index contributed by atoms with van der Waals surface area (Å²) >= 11 is 0. The molecule has 3 aliphatic rings.